The van der Waals surface area contributed by atoms with Crippen molar-refractivity contribution in [1.29, 1.82) is 0 Å². The van der Waals surface area contributed by atoms with Gasteiger partial charge >= 0.3 is 0 Å². The van der Waals surface area contributed by atoms with Crippen LogP contribution in [-0.2, 0) is 15.8 Å². The second kappa shape index (κ2) is 6.99. The van der Waals surface area contributed by atoms with Gasteiger partial charge in [-0.15, -0.1) is 0 Å². The molecule has 0 unspecified atom stereocenters. The number of aryl methyl sites for hydroxylation is 2. The Balaban J connectivity index is 1.78. The maximum atomic E-state index is 12.9. The van der Waals surface area contributed by atoms with Gasteiger partial charge < -0.3 is 0 Å². The predicted octanol–water partition coefficient (Wildman–Crippen LogP) is 3.60. The first-order valence-corrected chi connectivity index (χ1v) is 10.2. The van der Waals surface area contributed by atoms with Crippen LogP contribution in [0.4, 0.5) is 0 Å². The average Bonchev–Trinajstić information content (AvgIpc) is 3.04. The number of hydrogen-bond donors (Lipinski definition) is 0. The van der Waals surface area contributed by atoms with E-state index in [9.17, 15) is 8.42 Å². The quantitative estimate of drug-likeness (QED) is 0.837. The summed E-state index contributed by atoms with van der Waals surface area (Å²) in [6.07, 6.45) is 0. The third-order valence-electron chi connectivity index (χ3n) is 3.99. The minimum Gasteiger partial charge on any atom is -0.260 e. The molecular formula is C18H20N2O2S2. The first-order chi connectivity index (χ1) is 11.5. The van der Waals surface area contributed by atoms with Crippen molar-refractivity contribution in [2.75, 3.05) is 13.1 Å². The number of rotatable bonds is 4. The minimum absolute atomic E-state index is 0.319. The van der Waals surface area contributed by atoms with Crippen molar-refractivity contribution in [2.24, 2.45) is 4.99 Å². The molecule has 0 saturated carbocycles. The van der Waals surface area contributed by atoms with Gasteiger partial charge in [0.25, 0.3) is 10.0 Å². The van der Waals surface area contributed by atoms with Gasteiger partial charge in [0.2, 0.25) is 0 Å². The van der Waals surface area contributed by atoms with Crippen LogP contribution in [0.3, 0.4) is 0 Å². The Morgan fingerprint density at radius 1 is 1.08 bits per heavy atom. The summed E-state index contributed by atoms with van der Waals surface area (Å²) in [5.41, 5.74) is 3.44. The van der Waals surface area contributed by atoms with Crippen molar-refractivity contribution in [3.63, 3.8) is 0 Å². The van der Waals surface area contributed by atoms with Crippen molar-refractivity contribution in [3.8, 4) is 0 Å². The Bertz CT molecular complexity index is 859. The number of sulfonamides is 1. The van der Waals surface area contributed by atoms with Crippen LogP contribution in [0.5, 0.6) is 0 Å². The van der Waals surface area contributed by atoms with E-state index in [4.69, 9.17) is 0 Å². The number of amidine groups is 1. The molecule has 4 nitrogen and oxygen atoms in total. The van der Waals surface area contributed by atoms with Gasteiger partial charge in [-0.3, -0.25) is 4.99 Å². The first kappa shape index (κ1) is 17.0. The van der Waals surface area contributed by atoms with Crippen molar-refractivity contribution in [2.45, 2.75) is 24.5 Å². The molecule has 1 heterocycles. The van der Waals surface area contributed by atoms with Crippen LogP contribution >= 0.6 is 11.8 Å². The lowest BCUT2D eigenvalue weighted by atomic mass is 10.1. The summed E-state index contributed by atoms with van der Waals surface area (Å²) in [4.78, 5) is 4.72. The molecule has 6 heteroatoms. The van der Waals surface area contributed by atoms with E-state index in [-0.39, 0.29) is 0 Å². The van der Waals surface area contributed by atoms with Crippen molar-refractivity contribution in [3.05, 3.63) is 65.2 Å². The molecular weight excluding hydrogens is 340 g/mol. The molecule has 1 aliphatic heterocycles. The molecule has 0 N–H and O–H groups in total. The fraction of sp³-hybridized carbons (Fsp3) is 0.278. The molecule has 2 aromatic rings. The standard InChI is InChI=1S/C18H20N2O2S2/c1-14-7-9-17(10-8-14)24(21,22)20-12-11-19-18(20)23-13-16-6-4-3-5-15(16)2/h3-10H,11-13H2,1-2H3. The molecule has 24 heavy (non-hydrogen) atoms. The molecule has 1 aliphatic rings. The smallest absolute Gasteiger partial charge is 0.260 e. The second-order valence-corrected chi connectivity index (χ2v) is 8.57. The summed E-state index contributed by atoms with van der Waals surface area (Å²) >= 11 is 1.48. The Morgan fingerprint density at radius 2 is 1.79 bits per heavy atom. The number of hydrogen-bond acceptors (Lipinski definition) is 4. The van der Waals surface area contributed by atoms with E-state index < -0.39 is 10.0 Å². The highest BCUT2D eigenvalue weighted by Gasteiger charge is 2.30. The highest BCUT2D eigenvalue weighted by molar-refractivity contribution is 8.14. The molecule has 0 atom stereocenters. The van der Waals surface area contributed by atoms with Crippen molar-refractivity contribution < 1.29 is 8.42 Å². The van der Waals surface area contributed by atoms with Crippen LogP contribution in [0.2, 0.25) is 0 Å². The Hall–Kier alpha value is -1.79. The molecule has 0 aliphatic carbocycles. The monoisotopic (exact) mass is 360 g/mol. The van der Waals surface area contributed by atoms with Crippen LogP contribution in [0.25, 0.3) is 0 Å². The molecule has 3 rings (SSSR count). The summed E-state index contributed by atoms with van der Waals surface area (Å²) in [6.45, 7) is 4.93. The third-order valence-corrected chi connectivity index (χ3v) is 6.97. The Morgan fingerprint density at radius 3 is 2.50 bits per heavy atom. The molecule has 0 saturated heterocycles. The van der Waals surface area contributed by atoms with Gasteiger partial charge in [-0.1, -0.05) is 53.7 Å². The predicted molar refractivity (Wildman–Crippen MR) is 99.8 cm³/mol. The van der Waals surface area contributed by atoms with Crippen LogP contribution < -0.4 is 0 Å². The summed E-state index contributed by atoms with van der Waals surface area (Å²) < 4.78 is 27.2. The molecule has 0 amide bonds. The summed E-state index contributed by atoms with van der Waals surface area (Å²) in [6, 6.07) is 15.1. The lowest BCUT2D eigenvalue weighted by Gasteiger charge is -2.20. The van der Waals surface area contributed by atoms with Gasteiger partial charge in [0.1, 0.15) is 0 Å². The molecule has 0 aromatic heterocycles. The minimum atomic E-state index is -3.54. The SMILES string of the molecule is Cc1ccc(S(=O)(=O)N2CCN=C2SCc2ccccc2C)cc1. The topological polar surface area (TPSA) is 49.7 Å². The van der Waals surface area contributed by atoms with E-state index in [1.54, 1.807) is 12.1 Å². The third kappa shape index (κ3) is 3.49. The van der Waals surface area contributed by atoms with Crippen LogP contribution in [0, 0.1) is 13.8 Å². The largest absolute Gasteiger partial charge is 0.265 e. The van der Waals surface area contributed by atoms with Gasteiger partial charge in [0.05, 0.1) is 18.0 Å². The summed E-state index contributed by atoms with van der Waals surface area (Å²) in [5.74, 6) is 0.714. The van der Waals surface area contributed by atoms with E-state index in [0.717, 1.165) is 5.56 Å². The van der Waals surface area contributed by atoms with E-state index in [0.29, 0.717) is 28.9 Å². The fourth-order valence-corrected chi connectivity index (χ4v) is 5.30. The zero-order chi connectivity index (χ0) is 17.2. The van der Waals surface area contributed by atoms with E-state index in [2.05, 4.69) is 24.0 Å². The summed E-state index contributed by atoms with van der Waals surface area (Å²) in [7, 11) is -3.54. The van der Waals surface area contributed by atoms with E-state index in [1.165, 1.54) is 27.2 Å². The highest BCUT2D eigenvalue weighted by Crippen LogP contribution is 2.26. The maximum absolute atomic E-state index is 12.9. The zero-order valence-corrected chi connectivity index (χ0v) is 15.4. The Kier molecular flexibility index (Phi) is 4.96. The van der Waals surface area contributed by atoms with Gasteiger partial charge in [-0.25, -0.2) is 12.7 Å². The van der Waals surface area contributed by atoms with E-state index >= 15 is 0 Å². The lowest BCUT2D eigenvalue weighted by Crippen LogP contribution is -2.32. The molecule has 0 bridgehead atoms. The molecule has 2 aromatic carbocycles. The van der Waals surface area contributed by atoms with Crippen molar-refractivity contribution >= 4 is 27.0 Å². The normalized spacial score (nSPS) is 14.8. The number of aliphatic imine (C=N–C) groups is 1. The second-order valence-electron chi connectivity index (χ2n) is 5.77. The molecule has 126 valence electrons. The first-order valence-electron chi connectivity index (χ1n) is 7.79. The summed E-state index contributed by atoms with van der Waals surface area (Å²) in [5, 5.41) is 0.582. The fourth-order valence-electron chi connectivity index (χ4n) is 2.50. The van der Waals surface area contributed by atoms with Gasteiger partial charge in [0.15, 0.2) is 5.17 Å². The van der Waals surface area contributed by atoms with Crippen LogP contribution in [-0.4, -0.2) is 31.0 Å². The Labute approximate surface area is 147 Å². The zero-order valence-electron chi connectivity index (χ0n) is 13.8. The van der Waals surface area contributed by atoms with Gasteiger partial charge in [-0.2, -0.15) is 0 Å². The average molecular weight is 361 g/mol. The molecule has 0 fully saturated rings. The lowest BCUT2D eigenvalue weighted by molar-refractivity contribution is 0.540. The highest BCUT2D eigenvalue weighted by atomic mass is 32.2. The van der Waals surface area contributed by atoms with Crippen LogP contribution in [0.15, 0.2) is 58.4 Å². The van der Waals surface area contributed by atoms with Gasteiger partial charge in [0, 0.05) is 5.75 Å². The number of nitrogens with zero attached hydrogens (tertiary/aromatic N) is 2. The van der Waals surface area contributed by atoms with Crippen molar-refractivity contribution in [1.82, 2.24) is 4.31 Å². The van der Waals surface area contributed by atoms with Crippen LogP contribution in [0.1, 0.15) is 16.7 Å². The number of benzene rings is 2. The molecule has 0 spiro atoms. The molecule has 0 radical (unpaired) electrons. The number of thioether (sulfide) groups is 1. The maximum Gasteiger partial charge on any atom is 0.265 e. The van der Waals surface area contributed by atoms with Gasteiger partial charge in [-0.05, 0) is 37.1 Å². The van der Waals surface area contributed by atoms with E-state index in [1.807, 2.05) is 31.2 Å².